The maximum absolute atomic E-state index is 8.92. The minimum Gasteiger partial charge on any atom is -0.363 e. The van der Waals surface area contributed by atoms with Gasteiger partial charge in [-0.3, -0.25) is 0 Å². The van der Waals surface area contributed by atoms with Crippen LogP contribution in [-0.2, 0) is 7.05 Å². The van der Waals surface area contributed by atoms with Crippen molar-refractivity contribution in [3.8, 4) is 6.07 Å². The molecule has 1 aliphatic heterocycles. The van der Waals surface area contributed by atoms with E-state index in [4.69, 9.17) is 5.26 Å². The summed E-state index contributed by atoms with van der Waals surface area (Å²) in [5.41, 5.74) is 0.526. The van der Waals surface area contributed by atoms with Crippen LogP contribution in [0.1, 0.15) is 31.2 Å². The zero-order chi connectivity index (χ0) is 12.1. The zero-order valence-electron chi connectivity index (χ0n) is 10.1. The Morgan fingerprint density at radius 1 is 1.35 bits per heavy atom. The van der Waals surface area contributed by atoms with Gasteiger partial charge in [-0.05, 0) is 12.8 Å². The number of aliphatic imine (C=N–C) groups is 1. The summed E-state index contributed by atoms with van der Waals surface area (Å²) in [7, 11) is 1.80. The first kappa shape index (κ1) is 11.6. The third kappa shape index (κ3) is 2.84. The van der Waals surface area contributed by atoms with E-state index in [1.807, 2.05) is 6.34 Å². The molecule has 0 amide bonds. The van der Waals surface area contributed by atoms with Crippen LogP contribution in [0.2, 0.25) is 0 Å². The molecule has 1 aromatic heterocycles. The van der Waals surface area contributed by atoms with Gasteiger partial charge in [-0.2, -0.15) is 10.4 Å². The molecule has 5 heteroatoms. The van der Waals surface area contributed by atoms with Gasteiger partial charge in [-0.15, -0.1) is 0 Å². The smallest absolute Gasteiger partial charge is 0.169 e. The molecule has 0 radical (unpaired) electrons. The molecule has 0 saturated carbocycles. The van der Waals surface area contributed by atoms with Gasteiger partial charge in [-0.1, -0.05) is 12.8 Å². The lowest BCUT2D eigenvalue weighted by molar-refractivity contribution is 0.447. The zero-order valence-corrected chi connectivity index (χ0v) is 10.1. The van der Waals surface area contributed by atoms with Gasteiger partial charge in [0.25, 0.3) is 0 Å². The van der Waals surface area contributed by atoms with E-state index in [0.717, 1.165) is 13.1 Å². The van der Waals surface area contributed by atoms with E-state index >= 15 is 0 Å². The van der Waals surface area contributed by atoms with Crippen molar-refractivity contribution in [3.63, 3.8) is 0 Å². The van der Waals surface area contributed by atoms with Crippen LogP contribution in [0, 0.1) is 11.3 Å². The van der Waals surface area contributed by atoms with Crippen molar-refractivity contribution in [1.82, 2.24) is 14.7 Å². The number of aromatic nitrogens is 2. The summed E-state index contributed by atoms with van der Waals surface area (Å²) in [6.45, 7) is 2.12. The molecule has 17 heavy (non-hydrogen) atoms. The first-order chi connectivity index (χ1) is 8.31. The lowest BCUT2D eigenvalue weighted by atomic mass is 10.2. The molecule has 0 N–H and O–H groups in total. The van der Waals surface area contributed by atoms with E-state index in [9.17, 15) is 0 Å². The number of hydrogen-bond donors (Lipinski definition) is 0. The first-order valence-electron chi connectivity index (χ1n) is 6.01. The Kier molecular flexibility index (Phi) is 3.76. The van der Waals surface area contributed by atoms with E-state index in [1.54, 1.807) is 17.9 Å². The van der Waals surface area contributed by atoms with E-state index in [1.165, 1.54) is 25.7 Å². The van der Waals surface area contributed by atoms with Crippen molar-refractivity contribution in [2.45, 2.75) is 25.7 Å². The Balaban J connectivity index is 2.08. The minimum absolute atomic E-state index is 0.526. The van der Waals surface area contributed by atoms with Crippen molar-refractivity contribution >= 4 is 12.2 Å². The van der Waals surface area contributed by atoms with Crippen molar-refractivity contribution in [2.75, 3.05) is 13.1 Å². The molecule has 90 valence electrons. The number of aryl methyl sites for hydroxylation is 1. The molecule has 0 aromatic carbocycles. The maximum atomic E-state index is 8.92. The van der Waals surface area contributed by atoms with Crippen LogP contribution in [-0.4, -0.2) is 34.1 Å². The van der Waals surface area contributed by atoms with Gasteiger partial charge in [0.05, 0.1) is 12.5 Å². The van der Waals surface area contributed by atoms with Crippen LogP contribution < -0.4 is 0 Å². The van der Waals surface area contributed by atoms with Crippen LogP contribution in [0.15, 0.2) is 11.2 Å². The minimum atomic E-state index is 0.526. The molecule has 0 unspecified atom stereocenters. The highest BCUT2D eigenvalue weighted by molar-refractivity contribution is 5.62. The van der Waals surface area contributed by atoms with Gasteiger partial charge in [0, 0.05) is 20.1 Å². The molecular weight excluding hydrogens is 214 g/mol. The summed E-state index contributed by atoms with van der Waals surface area (Å²) in [5.74, 6) is 0.636. The Labute approximate surface area is 101 Å². The van der Waals surface area contributed by atoms with Crippen LogP contribution in [0.3, 0.4) is 0 Å². The quantitative estimate of drug-likeness (QED) is 0.576. The largest absolute Gasteiger partial charge is 0.363 e. The van der Waals surface area contributed by atoms with Crippen molar-refractivity contribution in [1.29, 1.82) is 5.26 Å². The van der Waals surface area contributed by atoms with Gasteiger partial charge in [0.1, 0.15) is 11.6 Å². The monoisotopic (exact) mass is 231 g/mol. The summed E-state index contributed by atoms with van der Waals surface area (Å²) in [6, 6.07) is 2.10. The summed E-state index contributed by atoms with van der Waals surface area (Å²) >= 11 is 0. The van der Waals surface area contributed by atoms with Gasteiger partial charge >= 0.3 is 0 Å². The fourth-order valence-electron chi connectivity index (χ4n) is 2.01. The number of hydrogen-bond acceptors (Lipinski definition) is 3. The predicted octanol–water partition coefficient (Wildman–Crippen LogP) is 1.83. The topological polar surface area (TPSA) is 57.2 Å². The standard InChI is InChI=1S/C12H17N5/c1-16-12(11(8-13)9-15-16)14-10-17-6-4-2-3-5-7-17/h9-10H,2-7H2,1H3. The van der Waals surface area contributed by atoms with Gasteiger partial charge in [0.2, 0.25) is 0 Å². The molecular formula is C12H17N5. The summed E-state index contributed by atoms with van der Waals surface area (Å²) < 4.78 is 1.63. The van der Waals surface area contributed by atoms with Gasteiger partial charge in [-0.25, -0.2) is 9.67 Å². The molecule has 0 bridgehead atoms. The van der Waals surface area contributed by atoms with Crippen LogP contribution in [0.25, 0.3) is 0 Å². The van der Waals surface area contributed by atoms with Crippen LogP contribution >= 0.6 is 0 Å². The number of nitrogens with zero attached hydrogens (tertiary/aromatic N) is 5. The van der Waals surface area contributed by atoms with Gasteiger partial charge < -0.3 is 4.90 Å². The molecule has 1 aliphatic rings. The molecule has 1 fully saturated rings. The third-order valence-corrected chi connectivity index (χ3v) is 3.01. The second kappa shape index (κ2) is 5.48. The summed E-state index contributed by atoms with van der Waals surface area (Å²) in [4.78, 5) is 6.60. The number of likely N-dealkylation sites (tertiary alicyclic amines) is 1. The number of rotatable bonds is 2. The summed E-state index contributed by atoms with van der Waals surface area (Å²) in [6.07, 6.45) is 8.46. The van der Waals surface area contributed by atoms with Crippen LogP contribution in [0.5, 0.6) is 0 Å². The highest BCUT2D eigenvalue weighted by Gasteiger charge is 2.08. The fraction of sp³-hybridized carbons (Fsp3) is 0.583. The third-order valence-electron chi connectivity index (χ3n) is 3.01. The highest BCUT2D eigenvalue weighted by atomic mass is 15.3. The molecule has 2 heterocycles. The highest BCUT2D eigenvalue weighted by Crippen LogP contribution is 2.16. The molecule has 0 aliphatic carbocycles. The fourth-order valence-corrected chi connectivity index (χ4v) is 2.01. The Hall–Kier alpha value is -1.83. The van der Waals surface area contributed by atoms with Crippen LogP contribution in [0.4, 0.5) is 5.82 Å². The van der Waals surface area contributed by atoms with Gasteiger partial charge in [0.15, 0.2) is 5.82 Å². The average Bonchev–Trinajstić information content (AvgIpc) is 2.56. The molecule has 0 spiro atoms. The van der Waals surface area contributed by atoms with Crippen molar-refractivity contribution in [2.24, 2.45) is 12.0 Å². The Bertz CT molecular complexity index is 432. The molecule has 1 aromatic rings. The molecule has 1 saturated heterocycles. The van der Waals surface area contributed by atoms with E-state index in [-0.39, 0.29) is 0 Å². The van der Waals surface area contributed by atoms with E-state index < -0.39 is 0 Å². The normalized spacial score (nSPS) is 17.1. The second-order valence-electron chi connectivity index (χ2n) is 4.31. The van der Waals surface area contributed by atoms with E-state index in [0.29, 0.717) is 11.4 Å². The van der Waals surface area contributed by atoms with Crippen molar-refractivity contribution in [3.05, 3.63) is 11.8 Å². The Morgan fingerprint density at radius 3 is 2.71 bits per heavy atom. The maximum Gasteiger partial charge on any atom is 0.169 e. The molecule has 5 nitrogen and oxygen atoms in total. The summed E-state index contributed by atoms with van der Waals surface area (Å²) in [5, 5.41) is 13.0. The van der Waals surface area contributed by atoms with Crippen molar-refractivity contribution < 1.29 is 0 Å². The average molecular weight is 231 g/mol. The lowest BCUT2D eigenvalue weighted by Crippen LogP contribution is -2.22. The SMILES string of the molecule is Cn1ncc(C#N)c1N=CN1CCCCCC1. The number of nitriles is 1. The predicted molar refractivity (Wildman–Crippen MR) is 66.1 cm³/mol. The Morgan fingerprint density at radius 2 is 2.06 bits per heavy atom. The first-order valence-corrected chi connectivity index (χ1v) is 6.01. The van der Waals surface area contributed by atoms with E-state index in [2.05, 4.69) is 21.1 Å². The second-order valence-corrected chi connectivity index (χ2v) is 4.31. The molecule has 2 rings (SSSR count). The lowest BCUT2D eigenvalue weighted by Gasteiger charge is -2.15. The molecule has 0 atom stereocenters.